The third-order valence-corrected chi connectivity index (χ3v) is 4.57. The molecule has 0 unspecified atom stereocenters. The van der Waals surface area contributed by atoms with E-state index in [1.807, 2.05) is 17.5 Å². The summed E-state index contributed by atoms with van der Waals surface area (Å²) in [6.07, 6.45) is 0. The summed E-state index contributed by atoms with van der Waals surface area (Å²) in [4.78, 5) is 0.990. The standard InChI is InChI=1S/C8H4BrClS2/c9-5-2-1-4-6(11)3-12-8(4)7(5)10/h1-3,11H. The zero-order valence-corrected chi connectivity index (χ0v) is 9.90. The molecule has 12 heavy (non-hydrogen) atoms. The van der Waals surface area contributed by atoms with E-state index < -0.39 is 0 Å². The van der Waals surface area contributed by atoms with E-state index in [0.29, 0.717) is 0 Å². The van der Waals surface area contributed by atoms with Crippen molar-refractivity contribution >= 4 is 61.6 Å². The first-order valence-corrected chi connectivity index (χ1v) is 5.74. The number of benzene rings is 1. The Labute approximate surface area is 93.1 Å². The Kier molecular flexibility index (Phi) is 2.38. The van der Waals surface area contributed by atoms with Crippen LogP contribution < -0.4 is 0 Å². The van der Waals surface area contributed by atoms with Gasteiger partial charge in [-0.15, -0.1) is 24.0 Å². The summed E-state index contributed by atoms with van der Waals surface area (Å²) in [5.74, 6) is 0. The lowest BCUT2D eigenvalue weighted by Gasteiger charge is -1.96. The molecule has 2 rings (SSSR count). The fourth-order valence-electron chi connectivity index (χ4n) is 1.03. The second-order valence-electron chi connectivity index (χ2n) is 2.36. The maximum atomic E-state index is 6.07. The van der Waals surface area contributed by atoms with Gasteiger partial charge in [-0.25, -0.2) is 0 Å². The van der Waals surface area contributed by atoms with Crippen LogP contribution in [0, 0.1) is 0 Å². The fraction of sp³-hybridized carbons (Fsp3) is 0. The lowest BCUT2D eigenvalue weighted by Crippen LogP contribution is -1.69. The van der Waals surface area contributed by atoms with E-state index >= 15 is 0 Å². The molecule has 0 N–H and O–H groups in total. The molecule has 0 aliphatic heterocycles. The van der Waals surface area contributed by atoms with Crippen molar-refractivity contribution in [3.05, 3.63) is 27.0 Å². The molecular formula is C8H4BrClS2. The summed E-state index contributed by atoms with van der Waals surface area (Å²) in [7, 11) is 0. The molecule has 0 saturated heterocycles. The van der Waals surface area contributed by atoms with Crippen LogP contribution in [-0.2, 0) is 0 Å². The Hall–Kier alpha value is 0.300. The van der Waals surface area contributed by atoms with Crippen LogP contribution in [0.15, 0.2) is 26.9 Å². The van der Waals surface area contributed by atoms with Gasteiger partial charge < -0.3 is 0 Å². The first-order valence-electron chi connectivity index (χ1n) is 3.24. The van der Waals surface area contributed by atoms with Gasteiger partial charge >= 0.3 is 0 Å². The van der Waals surface area contributed by atoms with Crippen molar-refractivity contribution < 1.29 is 0 Å². The van der Waals surface area contributed by atoms with E-state index in [1.165, 1.54) is 0 Å². The highest BCUT2D eigenvalue weighted by atomic mass is 79.9. The predicted molar refractivity (Wildman–Crippen MR) is 61.8 cm³/mol. The zero-order chi connectivity index (χ0) is 8.72. The third kappa shape index (κ3) is 1.29. The van der Waals surface area contributed by atoms with Gasteiger partial charge in [0.2, 0.25) is 0 Å². The first kappa shape index (κ1) is 8.88. The minimum atomic E-state index is 0.776. The maximum absolute atomic E-state index is 6.07. The molecule has 0 aliphatic carbocycles. The molecule has 1 aromatic heterocycles. The van der Waals surface area contributed by atoms with Crippen LogP contribution in [0.1, 0.15) is 0 Å². The largest absolute Gasteiger partial charge is 0.142 e. The maximum Gasteiger partial charge on any atom is 0.0726 e. The van der Waals surface area contributed by atoms with Crippen LogP contribution in [0.3, 0.4) is 0 Å². The second kappa shape index (κ2) is 3.22. The molecule has 0 amide bonds. The molecule has 2 aromatic rings. The molecule has 1 aromatic carbocycles. The monoisotopic (exact) mass is 278 g/mol. The average Bonchev–Trinajstić information content (AvgIpc) is 2.41. The third-order valence-electron chi connectivity index (χ3n) is 1.61. The van der Waals surface area contributed by atoms with Crippen LogP contribution in [0.4, 0.5) is 0 Å². The highest BCUT2D eigenvalue weighted by Crippen LogP contribution is 2.37. The lowest BCUT2D eigenvalue weighted by atomic mass is 10.3. The number of hydrogen-bond acceptors (Lipinski definition) is 2. The smallest absolute Gasteiger partial charge is 0.0726 e. The molecule has 0 aliphatic rings. The summed E-state index contributed by atoms with van der Waals surface area (Å²) in [6.45, 7) is 0. The molecule has 0 atom stereocenters. The molecule has 0 fully saturated rings. The molecule has 0 radical (unpaired) electrons. The quantitative estimate of drug-likeness (QED) is 0.669. The van der Waals surface area contributed by atoms with Crippen LogP contribution in [0.5, 0.6) is 0 Å². The van der Waals surface area contributed by atoms with Crippen LogP contribution >= 0.6 is 51.5 Å². The summed E-state index contributed by atoms with van der Waals surface area (Å²) < 4.78 is 2.03. The highest BCUT2D eigenvalue weighted by Gasteiger charge is 2.06. The van der Waals surface area contributed by atoms with E-state index in [4.69, 9.17) is 11.6 Å². The molecule has 0 bridgehead atoms. The molecule has 62 valence electrons. The summed E-state index contributed by atoms with van der Waals surface area (Å²) >= 11 is 15.4. The summed E-state index contributed by atoms with van der Waals surface area (Å²) in [5.41, 5.74) is 0. The van der Waals surface area contributed by atoms with Crippen molar-refractivity contribution in [3.8, 4) is 0 Å². The number of hydrogen-bond donors (Lipinski definition) is 1. The Morgan fingerprint density at radius 1 is 1.42 bits per heavy atom. The number of thiol groups is 1. The zero-order valence-electron chi connectivity index (χ0n) is 5.84. The number of halogens is 2. The lowest BCUT2D eigenvalue weighted by molar-refractivity contribution is 1.66. The SMILES string of the molecule is Sc1csc2c(Cl)c(Br)ccc12. The number of thiophene rings is 1. The van der Waals surface area contributed by atoms with Crippen molar-refractivity contribution in [3.63, 3.8) is 0 Å². The topological polar surface area (TPSA) is 0 Å². The van der Waals surface area contributed by atoms with Crippen molar-refractivity contribution in [2.45, 2.75) is 4.90 Å². The molecule has 4 heteroatoms. The van der Waals surface area contributed by atoms with Crippen LogP contribution in [0.25, 0.3) is 10.1 Å². The van der Waals surface area contributed by atoms with E-state index in [2.05, 4.69) is 28.6 Å². The van der Waals surface area contributed by atoms with E-state index in [0.717, 1.165) is 24.5 Å². The molecule has 0 nitrogen and oxygen atoms in total. The Bertz CT molecular complexity index is 436. The van der Waals surface area contributed by atoms with Crippen molar-refractivity contribution in [1.29, 1.82) is 0 Å². The van der Waals surface area contributed by atoms with E-state index in [1.54, 1.807) is 11.3 Å². The van der Waals surface area contributed by atoms with Gasteiger partial charge in [-0.05, 0) is 22.0 Å². The molecular weight excluding hydrogens is 276 g/mol. The second-order valence-corrected chi connectivity index (χ2v) is 4.95. The summed E-state index contributed by atoms with van der Waals surface area (Å²) in [5, 5.41) is 3.89. The normalized spacial score (nSPS) is 10.9. The van der Waals surface area contributed by atoms with Crippen LogP contribution in [-0.4, -0.2) is 0 Å². The van der Waals surface area contributed by atoms with Gasteiger partial charge in [0.25, 0.3) is 0 Å². The minimum absolute atomic E-state index is 0.776. The van der Waals surface area contributed by atoms with Gasteiger partial charge in [-0.3, -0.25) is 0 Å². The number of rotatable bonds is 0. The Morgan fingerprint density at radius 2 is 2.17 bits per heavy atom. The van der Waals surface area contributed by atoms with Crippen LogP contribution in [0.2, 0.25) is 5.02 Å². The average molecular weight is 280 g/mol. The highest BCUT2D eigenvalue weighted by molar-refractivity contribution is 9.10. The Balaban J connectivity index is 2.93. The van der Waals surface area contributed by atoms with Gasteiger partial charge in [0.1, 0.15) is 0 Å². The number of fused-ring (bicyclic) bond motifs is 1. The van der Waals surface area contributed by atoms with Gasteiger partial charge in [0.05, 0.1) is 9.72 Å². The fourth-order valence-corrected chi connectivity index (χ4v) is 3.08. The summed E-state index contributed by atoms with van der Waals surface area (Å²) in [6, 6.07) is 3.96. The molecule has 1 heterocycles. The molecule has 0 saturated carbocycles. The Morgan fingerprint density at radius 3 is 2.92 bits per heavy atom. The van der Waals surface area contributed by atoms with Crippen molar-refractivity contribution in [1.82, 2.24) is 0 Å². The van der Waals surface area contributed by atoms with Crippen molar-refractivity contribution in [2.75, 3.05) is 0 Å². The van der Waals surface area contributed by atoms with Gasteiger partial charge in [0, 0.05) is 20.1 Å². The van der Waals surface area contributed by atoms with E-state index in [-0.39, 0.29) is 0 Å². The minimum Gasteiger partial charge on any atom is -0.142 e. The van der Waals surface area contributed by atoms with Crippen molar-refractivity contribution in [2.24, 2.45) is 0 Å². The predicted octanol–water partition coefficient (Wildman–Crippen LogP) is 4.61. The van der Waals surface area contributed by atoms with Gasteiger partial charge in [-0.1, -0.05) is 17.7 Å². The van der Waals surface area contributed by atoms with Gasteiger partial charge in [0.15, 0.2) is 0 Å². The first-order chi connectivity index (χ1) is 5.70. The molecule has 0 spiro atoms. The van der Waals surface area contributed by atoms with E-state index in [9.17, 15) is 0 Å². The van der Waals surface area contributed by atoms with Gasteiger partial charge in [-0.2, -0.15) is 0 Å².